The fourth-order valence-electron chi connectivity index (χ4n) is 1.56. The van der Waals surface area contributed by atoms with E-state index in [0.717, 1.165) is 0 Å². The minimum absolute atomic E-state index is 0.0606. The smallest absolute Gasteiger partial charge is 0.268 e. The van der Waals surface area contributed by atoms with Crippen molar-refractivity contribution in [2.24, 2.45) is 0 Å². The highest BCUT2D eigenvalue weighted by molar-refractivity contribution is 5.93. The molecule has 6 heteroatoms. The van der Waals surface area contributed by atoms with Crippen molar-refractivity contribution in [3.8, 4) is 6.07 Å². The largest absolute Gasteiger partial charge is 0.356 e. The Balaban J connectivity index is 1.98. The number of rotatable bonds is 2. The number of hydrogen-bond donors (Lipinski definition) is 3. The highest BCUT2D eigenvalue weighted by Gasteiger charge is 2.23. The van der Waals surface area contributed by atoms with Crippen LogP contribution in [0.1, 0.15) is 22.5 Å². The van der Waals surface area contributed by atoms with Gasteiger partial charge in [0.05, 0.1) is 11.6 Å². The standard InChI is InChI=1S/C10H10N4O2/c11-3-6-1-8(12-4-6)10(16)14-7-2-9(15)13-5-7/h1,4,7,12H,2,5H2,(H,13,15)(H,14,16)/t7-/m0/s1. The van der Waals surface area contributed by atoms with Gasteiger partial charge in [-0.25, -0.2) is 0 Å². The third kappa shape index (κ3) is 2.03. The third-order valence-corrected chi connectivity index (χ3v) is 2.37. The zero-order valence-electron chi connectivity index (χ0n) is 8.41. The molecule has 0 bridgehead atoms. The molecule has 1 saturated heterocycles. The molecule has 2 rings (SSSR count). The van der Waals surface area contributed by atoms with Crippen LogP contribution in [-0.4, -0.2) is 29.4 Å². The van der Waals surface area contributed by atoms with Gasteiger partial charge in [0.2, 0.25) is 5.91 Å². The number of nitrogens with zero attached hydrogens (tertiary/aromatic N) is 1. The maximum Gasteiger partial charge on any atom is 0.268 e. The number of aromatic amines is 1. The van der Waals surface area contributed by atoms with Gasteiger partial charge < -0.3 is 15.6 Å². The Labute approximate surface area is 91.6 Å². The Bertz CT molecular complexity index is 471. The van der Waals surface area contributed by atoms with Gasteiger partial charge in [0, 0.05) is 19.2 Å². The molecular weight excluding hydrogens is 208 g/mol. The summed E-state index contributed by atoms with van der Waals surface area (Å²) in [6, 6.07) is 3.22. The normalized spacial score (nSPS) is 18.9. The van der Waals surface area contributed by atoms with Crippen molar-refractivity contribution in [3.05, 3.63) is 23.5 Å². The molecule has 3 N–H and O–H groups in total. The van der Waals surface area contributed by atoms with Crippen LogP contribution >= 0.6 is 0 Å². The third-order valence-electron chi connectivity index (χ3n) is 2.37. The van der Waals surface area contributed by atoms with Gasteiger partial charge in [-0.15, -0.1) is 0 Å². The Morgan fingerprint density at radius 1 is 1.62 bits per heavy atom. The maximum absolute atomic E-state index is 11.6. The minimum atomic E-state index is -0.303. The lowest BCUT2D eigenvalue weighted by molar-refractivity contribution is -0.119. The second-order valence-corrected chi connectivity index (χ2v) is 3.59. The van der Waals surface area contributed by atoms with Gasteiger partial charge in [-0.2, -0.15) is 5.26 Å². The Kier molecular flexibility index (Phi) is 2.60. The van der Waals surface area contributed by atoms with Gasteiger partial charge in [-0.3, -0.25) is 9.59 Å². The van der Waals surface area contributed by atoms with Crippen molar-refractivity contribution < 1.29 is 9.59 Å². The van der Waals surface area contributed by atoms with Crippen LogP contribution in [0.15, 0.2) is 12.3 Å². The van der Waals surface area contributed by atoms with Crippen LogP contribution in [0.5, 0.6) is 0 Å². The Morgan fingerprint density at radius 2 is 2.44 bits per heavy atom. The lowest BCUT2D eigenvalue weighted by Crippen LogP contribution is -2.36. The van der Waals surface area contributed by atoms with Crippen molar-refractivity contribution >= 4 is 11.8 Å². The molecule has 16 heavy (non-hydrogen) atoms. The van der Waals surface area contributed by atoms with Gasteiger partial charge in [-0.1, -0.05) is 0 Å². The molecule has 1 aromatic heterocycles. The zero-order valence-corrected chi connectivity index (χ0v) is 8.41. The summed E-state index contributed by atoms with van der Waals surface area (Å²) in [6.07, 6.45) is 1.77. The highest BCUT2D eigenvalue weighted by Crippen LogP contribution is 2.04. The van der Waals surface area contributed by atoms with Gasteiger partial charge in [0.1, 0.15) is 11.8 Å². The van der Waals surface area contributed by atoms with Gasteiger partial charge >= 0.3 is 0 Å². The van der Waals surface area contributed by atoms with Crippen LogP contribution in [0.25, 0.3) is 0 Å². The summed E-state index contributed by atoms with van der Waals surface area (Å²) in [7, 11) is 0. The number of aromatic nitrogens is 1. The lowest BCUT2D eigenvalue weighted by Gasteiger charge is -2.08. The van der Waals surface area contributed by atoms with Crippen LogP contribution in [-0.2, 0) is 4.79 Å². The average Bonchev–Trinajstić information content (AvgIpc) is 2.87. The molecule has 6 nitrogen and oxygen atoms in total. The molecule has 0 aromatic carbocycles. The monoisotopic (exact) mass is 218 g/mol. The first-order chi connectivity index (χ1) is 7.69. The molecule has 0 unspecified atom stereocenters. The number of carbonyl (C=O) groups is 2. The Hall–Kier alpha value is -2.29. The van der Waals surface area contributed by atoms with Crippen LogP contribution in [0.3, 0.4) is 0 Å². The summed E-state index contributed by atoms with van der Waals surface area (Å²) in [5.74, 6) is -0.363. The van der Waals surface area contributed by atoms with E-state index in [0.29, 0.717) is 24.2 Å². The SMILES string of the molecule is N#Cc1c[nH]c(C(=O)N[C@@H]2CNC(=O)C2)c1. The summed E-state index contributed by atoms with van der Waals surface area (Å²) in [5.41, 5.74) is 0.738. The van der Waals surface area contributed by atoms with Crippen molar-refractivity contribution in [1.82, 2.24) is 15.6 Å². The summed E-state index contributed by atoms with van der Waals surface area (Å²) in [5, 5.41) is 13.9. The fraction of sp³-hybridized carbons (Fsp3) is 0.300. The van der Waals surface area contributed by atoms with E-state index in [1.165, 1.54) is 12.3 Å². The molecule has 82 valence electrons. The van der Waals surface area contributed by atoms with E-state index in [4.69, 9.17) is 5.26 Å². The molecule has 2 amide bonds. The lowest BCUT2D eigenvalue weighted by atomic mass is 10.2. The molecule has 2 heterocycles. The molecule has 1 aliphatic rings. The molecule has 0 radical (unpaired) electrons. The number of amides is 2. The van der Waals surface area contributed by atoms with Gasteiger partial charge in [-0.05, 0) is 6.07 Å². The average molecular weight is 218 g/mol. The van der Waals surface area contributed by atoms with E-state index in [-0.39, 0.29) is 17.9 Å². The summed E-state index contributed by atoms with van der Waals surface area (Å²) in [4.78, 5) is 25.3. The maximum atomic E-state index is 11.6. The van der Waals surface area contributed by atoms with Crippen molar-refractivity contribution in [3.63, 3.8) is 0 Å². The van der Waals surface area contributed by atoms with Crippen molar-refractivity contribution in [2.75, 3.05) is 6.54 Å². The van der Waals surface area contributed by atoms with E-state index < -0.39 is 0 Å². The van der Waals surface area contributed by atoms with E-state index in [2.05, 4.69) is 15.6 Å². The van der Waals surface area contributed by atoms with Gasteiger partial charge in [0.25, 0.3) is 5.91 Å². The van der Waals surface area contributed by atoms with Crippen LogP contribution in [0.4, 0.5) is 0 Å². The molecule has 0 spiro atoms. The fourth-order valence-corrected chi connectivity index (χ4v) is 1.56. The summed E-state index contributed by atoms with van der Waals surface area (Å²) in [6.45, 7) is 0.455. The first-order valence-electron chi connectivity index (χ1n) is 4.85. The number of nitriles is 1. The second-order valence-electron chi connectivity index (χ2n) is 3.59. The molecule has 1 aromatic rings. The van der Waals surface area contributed by atoms with E-state index in [9.17, 15) is 9.59 Å². The van der Waals surface area contributed by atoms with Crippen LogP contribution < -0.4 is 10.6 Å². The van der Waals surface area contributed by atoms with E-state index in [1.54, 1.807) is 0 Å². The number of H-pyrrole nitrogens is 1. The topological polar surface area (TPSA) is 97.8 Å². The molecule has 1 fully saturated rings. The van der Waals surface area contributed by atoms with Crippen LogP contribution in [0, 0.1) is 11.3 Å². The molecule has 0 aliphatic carbocycles. The summed E-state index contributed by atoms with van der Waals surface area (Å²) >= 11 is 0. The number of carbonyl (C=O) groups excluding carboxylic acids is 2. The van der Waals surface area contributed by atoms with Crippen molar-refractivity contribution in [2.45, 2.75) is 12.5 Å². The quantitative estimate of drug-likeness (QED) is 0.624. The predicted octanol–water partition coefficient (Wildman–Crippen LogP) is -0.495. The molecule has 1 aliphatic heterocycles. The first-order valence-corrected chi connectivity index (χ1v) is 4.85. The van der Waals surface area contributed by atoms with Crippen molar-refractivity contribution in [1.29, 1.82) is 5.26 Å². The number of nitrogens with one attached hydrogen (secondary N) is 3. The van der Waals surface area contributed by atoms with Gasteiger partial charge in [0.15, 0.2) is 0 Å². The second kappa shape index (κ2) is 4.06. The zero-order chi connectivity index (χ0) is 11.5. The minimum Gasteiger partial charge on any atom is -0.356 e. The molecule has 0 saturated carbocycles. The van der Waals surface area contributed by atoms with E-state index in [1.807, 2.05) is 6.07 Å². The molecular formula is C10H10N4O2. The predicted molar refractivity (Wildman–Crippen MR) is 54.4 cm³/mol. The van der Waals surface area contributed by atoms with E-state index >= 15 is 0 Å². The Morgan fingerprint density at radius 3 is 3.00 bits per heavy atom. The summed E-state index contributed by atoms with van der Waals surface area (Å²) < 4.78 is 0. The molecule has 1 atom stereocenters. The first kappa shape index (κ1) is 10.2. The van der Waals surface area contributed by atoms with Crippen LogP contribution in [0.2, 0.25) is 0 Å². The number of hydrogen-bond acceptors (Lipinski definition) is 3. The highest BCUT2D eigenvalue weighted by atomic mass is 16.2.